The number of nitrogens with zero attached hydrogens (tertiary/aromatic N) is 2. The molecule has 30 heavy (non-hydrogen) atoms. The van der Waals surface area contributed by atoms with E-state index >= 15 is 0 Å². The summed E-state index contributed by atoms with van der Waals surface area (Å²) in [6, 6.07) is 11.7. The van der Waals surface area contributed by atoms with E-state index < -0.39 is 10.0 Å². The minimum absolute atomic E-state index is 0.197. The molecule has 0 bridgehead atoms. The van der Waals surface area contributed by atoms with Crippen LogP contribution < -0.4 is 9.47 Å². The molecule has 0 aliphatic carbocycles. The van der Waals surface area contributed by atoms with E-state index in [1.54, 1.807) is 53.4 Å². The van der Waals surface area contributed by atoms with Crippen molar-refractivity contribution in [2.75, 3.05) is 40.4 Å². The van der Waals surface area contributed by atoms with Gasteiger partial charge in [-0.1, -0.05) is 29.8 Å². The number of amides is 1. The number of carbonyl (C=O) groups excluding carboxylic acids is 1. The molecule has 0 saturated carbocycles. The van der Waals surface area contributed by atoms with Crippen molar-refractivity contribution in [3.63, 3.8) is 0 Å². The van der Waals surface area contributed by atoms with E-state index in [0.29, 0.717) is 35.2 Å². The number of piperazine rings is 1. The van der Waals surface area contributed by atoms with Gasteiger partial charge in [0, 0.05) is 32.3 Å². The standard InChI is InChI=1S/C21H23ClN2O5S/c1-28-19-15-16(14-18(22)21(19)29-2)8-9-20(25)23-10-12-24(13-11-23)30(26,27)17-6-4-3-5-7-17/h3-9,14-15H,10-13H2,1-2H3/b9-8+. The van der Waals surface area contributed by atoms with Crippen LogP contribution in [0.3, 0.4) is 0 Å². The maximum atomic E-state index is 12.7. The van der Waals surface area contributed by atoms with Crippen LogP contribution in [0.4, 0.5) is 0 Å². The largest absolute Gasteiger partial charge is 0.493 e. The molecule has 0 radical (unpaired) electrons. The number of sulfonamides is 1. The van der Waals surface area contributed by atoms with Crippen LogP contribution in [0.15, 0.2) is 53.4 Å². The molecule has 0 atom stereocenters. The van der Waals surface area contributed by atoms with Crippen LogP contribution in [0.2, 0.25) is 5.02 Å². The normalized spacial score (nSPS) is 15.4. The Labute approximate surface area is 181 Å². The van der Waals surface area contributed by atoms with Gasteiger partial charge in [0.2, 0.25) is 15.9 Å². The predicted octanol–water partition coefficient (Wildman–Crippen LogP) is 2.90. The molecule has 1 amide bonds. The summed E-state index contributed by atoms with van der Waals surface area (Å²) in [6.45, 7) is 1.14. The van der Waals surface area contributed by atoms with Gasteiger partial charge >= 0.3 is 0 Å². The van der Waals surface area contributed by atoms with E-state index in [1.165, 1.54) is 24.6 Å². The smallest absolute Gasteiger partial charge is 0.246 e. The molecule has 0 unspecified atom stereocenters. The van der Waals surface area contributed by atoms with Gasteiger partial charge in [0.15, 0.2) is 11.5 Å². The topological polar surface area (TPSA) is 76.2 Å². The minimum atomic E-state index is -3.55. The van der Waals surface area contributed by atoms with Crippen molar-refractivity contribution in [2.24, 2.45) is 0 Å². The lowest BCUT2D eigenvalue weighted by Crippen LogP contribution is -2.50. The van der Waals surface area contributed by atoms with Gasteiger partial charge in [0.25, 0.3) is 0 Å². The Morgan fingerprint density at radius 3 is 2.30 bits per heavy atom. The van der Waals surface area contributed by atoms with Gasteiger partial charge in [0.1, 0.15) is 0 Å². The average Bonchev–Trinajstić information content (AvgIpc) is 2.77. The third-order valence-corrected chi connectivity index (χ3v) is 7.00. The van der Waals surface area contributed by atoms with Gasteiger partial charge in [-0.2, -0.15) is 4.31 Å². The summed E-state index contributed by atoms with van der Waals surface area (Å²) in [5, 5.41) is 0.378. The lowest BCUT2D eigenvalue weighted by Gasteiger charge is -2.33. The summed E-state index contributed by atoms with van der Waals surface area (Å²) in [5.41, 5.74) is 0.691. The highest BCUT2D eigenvalue weighted by molar-refractivity contribution is 7.89. The second-order valence-electron chi connectivity index (χ2n) is 6.61. The second kappa shape index (κ2) is 9.51. The maximum Gasteiger partial charge on any atom is 0.246 e. The number of carbonyl (C=O) groups is 1. The highest BCUT2D eigenvalue weighted by Gasteiger charge is 2.29. The van der Waals surface area contributed by atoms with Crippen molar-refractivity contribution in [1.29, 1.82) is 0 Å². The molecule has 160 valence electrons. The highest BCUT2D eigenvalue weighted by Crippen LogP contribution is 2.36. The van der Waals surface area contributed by atoms with Crippen LogP contribution in [0.5, 0.6) is 11.5 Å². The maximum absolute atomic E-state index is 12.7. The van der Waals surface area contributed by atoms with Crippen LogP contribution in [0.1, 0.15) is 5.56 Å². The van der Waals surface area contributed by atoms with E-state index in [-0.39, 0.29) is 23.9 Å². The molecule has 0 N–H and O–H groups in total. The molecular formula is C21H23ClN2O5S. The Bertz CT molecular complexity index is 1030. The number of ether oxygens (including phenoxy) is 2. The lowest BCUT2D eigenvalue weighted by molar-refractivity contribution is -0.127. The third kappa shape index (κ3) is 4.77. The number of benzene rings is 2. The first-order valence-electron chi connectivity index (χ1n) is 9.30. The summed E-state index contributed by atoms with van der Waals surface area (Å²) >= 11 is 6.19. The van der Waals surface area contributed by atoms with Crippen molar-refractivity contribution in [1.82, 2.24) is 9.21 Å². The molecule has 1 saturated heterocycles. The fourth-order valence-electron chi connectivity index (χ4n) is 3.20. The molecule has 1 fully saturated rings. The molecular weight excluding hydrogens is 428 g/mol. The number of hydrogen-bond donors (Lipinski definition) is 0. The van der Waals surface area contributed by atoms with Crippen LogP contribution in [-0.4, -0.2) is 63.9 Å². The Hall–Kier alpha value is -2.55. The first-order chi connectivity index (χ1) is 14.4. The molecule has 2 aromatic rings. The van der Waals surface area contributed by atoms with Crippen LogP contribution in [0.25, 0.3) is 6.08 Å². The SMILES string of the molecule is COc1cc(/C=C/C(=O)N2CCN(S(=O)(=O)c3ccccc3)CC2)cc(Cl)c1OC. The van der Waals surface area contributed by atoms with E-state index in [9.17, 15) is 13.2 Å². The molecule has 7 nitrogen and oxygen atoms in total. The number of methoxy groups -OCH3 is 2. The van der Waals surface area contributed by atoms with Crippen LogP contribution >= 0.6 is 11.6 Å². The monoisotopic (exact) mass is 450 g/mol. The van der Waals surface area contributed by atoms with Crippen molar-refractivity contribution in [3.05, 3.63) is 59.1 Å². The van der Waals surface area contributed by atoms with E-state index in [1.807, 2.05) is 0 Å². The number of hydrogen-bond acceptors (Lipinski definition) is 5. The van der Waals surface area contributed by atoms with E-state index in [2.05, 4.69) is 0 Å². The Kier molecular flexibility index (Phi) is 7.02. The fourth-order valence-corrected chi connectivity index (χ4v) is 4.94. The van der Waals surface area contributed by atoms with Gasteiger partial charge in [-0.05, 0) is 35.9 Å². The molecule has 9 heteroatoms. The summed E-state index contributed by atoms with van der Waals surface area (Å²) < 4.78 is 37.3. The van der Waals surface area contributed by atoms with Gasteiger partial charge in [-0.15, -0.1) is 0 Å². The van der Waals surface area contributed by atoms with Crippen LogP contribution in [0, 0.1) is 0 Å². The predicted molar refractivity (Wildman–Crippen MR) is 115 cm³/mol. The first kappa shape index (κ1) is 22.1. The quantitative estimate of drug-likeness (QED) is 0.632. The Balaban J connectivity index is 1.64. The summed E-state index contributed by atoms with van der Waals surface area (Å²) in [4.78, 5) is 14.4. The third-order valence-electron chi connectivity index (χ3n) is 4.81. The zero-order chi connectivity index (χ0) is 21.7. The molecule has 2 aromatic carbocycles. The highest BCUT2D eigenvalue weighted by atomic mass is 35.5. The van der Waals surface area contributed by atoms with Crippen molar-refractivity contribution in [3.8, 4) is 11.5 Å². The Morgan fingerprint density at radius 2 is 1.70 bits per heavy atom. The molecule has 0 spiro atoms. The van der Waals surface area contributed by atoms with Gasteiger partial charge < -0.3 is 14.4 Å². The zero-order valence-corrected chi connectivity index (χ0v) is 18.3. The molecule has 1 heterocycles. The summed E-state index contributed by atoms with van der Waals surface area (Å²) in [6.07, 6.45) is 3.09. The molecule has 1 aliphatic rings. The van der Waals surface area contributed by atoms with Crippen LogP contribution in [-0.2, 0) is 14.8 Å². The average molecular weight is 451 g/mol. The number of halogens is 1. The lowest BCUT2D eigenvalue weighted by atomic mass is 10.1. The second-order valence-corrected chi connectivity index (χ2v) is 8.96. The van der Waals surface area contributed by atoms with Gasteiger partial charge in [0.05, 0.1) is 24.1 Å². The molecule has 1 aliphatic heterocycles. The zero-order valence-electron chi connectivity index (χ0n) is 16.7. The van der Waals surface area contributed by atoms with Crippen molar-refractivity contribution in [2.45, 2.75) is 4.90 Å². The van der Waals surface area contributed by atoms with E-state index in [4.69, 9.17) is 21.1 Å². The van der Waals surface area contributed by atoms with E-state index in [0.717, 1.165) is 0 Å². The molecule has 3 rings (SSSR count). The Morgan fingerprint density at radius 1 is 1.03 bits per heavy atom. The molecule has 0 aromatic heterocycles. The summed E-state index contributed by atoms with van der Waals surface area (Å²) in [5.74, 6) is 0.702. The number of rotatable bonds is 6. The fraction of sp³-hybridized carbons (Fsp3) is 0.286. The van der Waals surface area contributed by atoms with Gasteiger partial charge in [-0.25, -0.2) is 8.42 Å². The minimum Gasteiger partial charge on any atom is -0.493 e. The summed E-state index contributed by atoms with van der Waals surface area (Å²) in [7, 11) is -0.538. The van der Waals surface area contributed by atoms with Crippen molar-refractivity contribution < 1.29 is 22.7 Å². The van der Waals surface area contributed by atoms with Crippen molar-refractivity contribution >= 4 is 33.6 Å². The van der Waals surface area contributed by atoms with Gasteiger partial charge in [-0.3, -0.25) is 4.79 Å². The first-order valence-corrected chi connectivity index (χ1v) is 11.1.